The predicted molar refractivity (Wildman–Crippen MR) is 140 cm³/mol. The van der Waals surface area contributed by atoms with Crippen molar-refractivity contribution >= 4 is 32.3 Å². The van der Waals surface area contributed by atoms with Crippen LogP contribution in [0.25, 0.3) is 0 Å². The quantitative estimate of drug-likeness (QED) is 0.293. The molecule has 0 bridgehead atoms. The Hall–Kier alpha value is -1.76. The molecule has 188 valence electrons. The standard InChI is InChI=1S/C26H39O6PSi/c1-7-30-33(29,31-8-2)24(25(27)28)19-21(3)20-32-34(26(4,5)6,22-15-11-9-12-16-22)23-17-13-10-14-18-23/h9-18,21,24H,7-8,19-20H2,1-6H3,(H,27,28)/t21?,24-/m0/s1. The maximum atomic E-state index is 13.2. The lowest BCUT2D eigenvalue weighted by Gasteiger charge is -2.43. The summed E-state index contributed by atoms with van der Waals surface area (Å²) in [4.78, 5) is 12.1. The number of rotatable bonds is 13. The van der Waals surface area contributed by atoms with Gasteiger partial charge in [0.2, 0.25) is 0 Å². The second-order valence-corrected chi connectivity index (χ2v) is 16.1. The maximum absolute atomic E-state index is 13.2. The first-order valence-corrected chi connectivity index (χ1v) is 15.4. The Morgan fingerprint density at radius 2 is 1.38 bits per heavy atom. The van der Waals surface area contributed by atoms with Gasteiger partial charge in [-0.1, -0.05) is 88.4 Å². The molecule has 0 saturated heterocycles. The van der Waals surface area contributed by atoms with Gasteiger partial charge in [-0.25, -0.2) is 0 Å². The molecule has 0 fully saturated rings. The third-order valence-electron chi connectivity index (χ3n) is 5.91. The highest BCUT2D eigenvalue weighted by molar-refractivity contribution is 7.55. The molecule has 0 amide bonds. The molecule has 2 aromatic rings. The van der Waals surface area contributed by atoms with Crippen LogP contribution in [0.2, 0.25) is 5.04 Å². The number of hydrogen-bond acceptors (Lipinski definition) is 5. The molecule has 1 N–H and O–H groups in total. The van der Waals surface area contributed by atoms with Gasteiger partial charge in [0.05, 0.1) is 13.2 Å². The van der Waals surface area contributed by atoms with Crippen LogP contribution in [0.5, 0.6) is 0 Å². The van der Waals surface area contributed by atoms with Crippen LogP contribution >= 0.6 is 7.60 Å². The zero-order valence-corrected chi connectivity index (χ0v) is 23.1. The van der Waals surface area contributed by atoms with Gasteiger partial charge >= 0.3 is 13.6 Å². The summed E-state index contributed by atoms with van der Waals surface area (Å²) < 4.78 is 30.9. The third-order valence-corrected chi connectivity index (χ3v) is 13.3. The largest absolute Gasteiger partial charge is 0.481 e. The minimum absolute atomic E-state index is 0.119. The molecule has 0 saturated carbocycles. The molecule has 0 spiro atoms. The van der Waals surface area contributed by atoms with Gasteiger partial charge in [-0.05, 0) is 41.6 Å². The van der Waals surface area contributed by atoms with Gasteiger partial charge in [-0.3, -0.25) is 9.36 Å². The van der Waals surface area contributed by atoms with Gasteiger partial charge in [0, 0.05) is 6.61 Å². The molecule has 0 aliphatic rings. The van der Waals surface area contributed by atoms with Gasteiger partial charge in [0.15, 0.2) is 5.66 Å². The summed E-state index contributed by atoms with van der Waals surface area (Å²) in [5, 5.41) is 12.0. The molecular weight excluding hydrogens is 467 g/mol. The summed E-state index contributed by atoms with van der Waals surface area (Å²) in [7, 11) is -6.54. The van der Waals surface area contributed by atoms with E-state index >= 15 is 0 Å². The third kappa shape index (κ3) is 6.46. The van der Waals surface area contributed by atoms with Crippen molar-refractivity contribution in [2.45, 2.75) is 58.7 Å². The molecule has 0 aliphatic heterocycles. The lowest BCUT2D eigenvalue weighted by atomic mass is 10.1. The Labute approximate surface area is 205 Å². The van der Waals surface area contributed by atoms with Crippen molar-refractivity contribution in [3.8, 4) is 0 Å². The molecule has 0 heterocycles. The fourth-order valence-electron chi connectivity index (χ4n) is 4.42. The predicted octanol–water partition coefficient (Wildman–Crippen LogP) is 5.31. The van der Waals surface area contributed by atoms with E-state index in [1.165, 1.54) is 0 Å². The van der Waals surface area contributed by atoms with Crippen molar-refractivity contribution in [2.24, 2.45) is 5.92 Å². The van der Waals surface area contributed by atoms with Crippen LogP contribution < -0.4 is 10.4 Å². The number of carboxylic acid groups (broad SMARTS) is 1. The smallest absolute Gasteiger partial charge is 0.344 e. The van der Waals surface area contributed by atoms with Crippen molar-refractivity contribution in [1.29, 1.82) is 0 Å². The van der Waals surface area contributed by atoms with E-state index in [9.17, 15) is 14.5 Å². The molecule has 34 heavy (non-hydrogen) atoms. The van der Waals surface area contributed by atoms with Gasteiger partial charge in [0.25, 0.3) is 8.32 Å². The first-order valence-electron chi connectivity index (χ1n) is 11.9. The Morgan fingerprint density at radius 1 is 0.941 bits per heavy atom. The molecular formula is C26H39O6PSi. The van der Waals surface area contributed by atoms with Gasteiger partial charge in [-0.15, -0.1) is 0 Å². The van der Waals surface area contributed by atoms with E-state index in [-0.39, 0.29) is 30.6 Å². The summed E-state index contributed by atoms with van der Waals surface area (Å²) in [5.74, 6) is -1.36. The first-order chi connectivity index (χ1) is 16.0. The van der Waals surface area contributed by atoms with E-state index in [4.69, 9.17) is 13.5 Å². The molecule has 1 unspecified atom stereocenters. The normalized spacial score (nSPS) is 14.5. The van der Waals surface area contributed by atoms with E-state index in [0.717, 1.165) is 10.4 Å². The molecule has 2 rings (SSSR count). The van der Waals surface area contributed by atoms with E-state index in [1.54, 1.807) is 13.8 Å². The number of carboxylic acids is 1. The van der Waals surface area contributed by atoms with Crippen molar-refractivity contribution in [3.05, 3.63) is 60.7 Å². The summed E-state index contributed by atoms with van der Waals surface area (Å²) in [6.07, 6.45) is 0.130. The molecule has 0 radical (unpaired) electrons. The Bertz CT molecular complexity index is 895. The topological polar surface area (TPSA) is 82.1 Å². The van der Waals surface area contributed by atoms with E-state index < -0.39 is 27.5 Å². The summed E-state index contributed by atoms with van der Waals surface area (Å²) in [6, 6.07) is 20.6. The summed E-state index contributed by atoms with van der Waals surface area (Å²) >= 11 is 0. The highest BCUT2D eigenvalue weighted by Crippen LogP contribution is 2.55. The van der Waals surface area contributed by atoms with E-state index in [2.05, 4.69) is 45.0 Å². The summed E-state index contributed by atoms with van der Waals surface area (Å²) in [5.41, 5.74) is -1.25. The zero-order chi connectivity index (χ0) is 25.4. The highest BCUT2D eigenvalue weighted by Gasteiger charge is 2.50. The van der Waals surface area contributed by atoms with Crippen molar-refractivity contribution in [2.75, 3.05) is 19.8 Å². The van der Waals surface area contributed by atoms with Crippen LogP contribution in [-0.2, 0) is 22.8 Å². The lowest BCUT2D eigenvalue weighted by Crippen LogP contribution is -2.66. The lowest BCUT2D eigenvalue weighted by molar-refractivity contribution is -0.137. The molecule has 6 nitrogen and oxygen atoms in total. The van der Waals surface area contributed by atoms with Gasteiger partial charge in [0.1, 0.15) is 0 Å². The average Bonchev–Trinajstić information content (AvgIpc) is 2.78. The first kappa shape index (κ1) is 28.5. The summed E-state index contributed by atoms with van der Waals surface area (Å²) in [6.45, 7) is 12.4. The van der Waals surface area contributed by atoms with Gasteiger partial charge < -0.3 is 18.6 Å². The van der Waals surface area contributed by atoms with Crippen LogP contribution in [0.1, 0.15) is 48.0 Å². The Balaban J connectivity index is 2.40. The van der Waals surface area contributed by atoms with E-state index in [1.807, 2.05) is 43.3 Å². The minimum Gasteiger partial charge on any atom is -0.481 e. The molecule has 0 aliphatic carbocycles. The highest BCUT2D eigenvalue weighted by atomic mass is 31.2. The van der Waals surface area contributed by atoms with Crippen molar-refractivity contribution < 1.29 is 27.9 Å². The monoisotopic (exact) mass is 506 g/mol. The zero-order valence-electron chi connectivity index (χ0n) is 21.2. The number of carbonyl (C=O) groups is 1. The Kier molecular flexibility index (Phi) is 10.3. The van der Waals surface area contributed by atoms with Crippen molar-refractivity contribution in [1.82, 2.24) is 0 Å². The molecule has 2 atom stereocenters. The fourth-order valence-corrected chi connectivity index (χ4v) is 11.2. The van der Waals surface area contributed by atoms with E-state index in [0.29, 0.717) is 6.61 Å². The van der Waals surface area contributed by atoms with Gasteiger partial charge in [-0.2, -0.15) is 0 Å². The van der Waals surface area contributed by atoms with Crippen LogP contribution in [0.3, 0.4) is 0 Å². The van der Waals surface area contributed by atoms with Crippen LogP contribution in [0.4, 0.5) is 0 Å². The molecule has 2 aromatic carbocycles. The fraction of sp³-hybridized carbons (Fsp3) is 0.500. The van der Waals surface area contributed by atoms with Crippen LogP contribution in [0, 0.1) is 5.92 Å². The van der Waals surface area contributed by atoms with Crippen LogP contribution in [-0.4, -0.2) is 44.9 Å². The maximum Gasteiger partial charge on any atom is 0.344 e. The second kappa shape index (κ2) is 12.3. The SMILES string of the molecule is CCOP(=O)(OCC)[C@@H](CC(C)CO[Si](c1ccccc1)(c1ccccc1)C(C)(C)C)C(=O)O. The molecule has 8 heteroatoms. The molecule has 0 aromatic heterocycles. The number of aliphatic carboxylic acids is 1. The van der Waals surface area contributed by atoms with Crippen molar-refractivity contribution in [3.63, 3.8) is 0 Å². The minimum atomic E-state index is -3.80. The number of hydrogen-bond donors (Lipinski definition) is 1. The number of benzene rings is 2. The Morgan fingerprint density at radius 3 is 1.74 bits per heavy atom. The average molecular weight is 507 g/mol. The second-order valence-electron chi connectivity index (χ2n) is 9.54. The van der Waals surface area contributed by atoms with Crippen LogP contribution in [0.15, 0.2) is 60.7 Å².